The van der Waals surface area contributed by atoms with E-state index in [1.807, 2.05) is 25.1 Å². The molecule has 0 fully saturated rings. The first-order valence-corrected chi connectivity index (χ1v) is 6.71. The van der Waals surface area contributed by atoms with Gasteiger partial charge in [0.25, 0.3) is 5.91 Å². The van der Waals surface area contributed by atoms with E-state index < -0.39 is 0 Å². The molecule has 2 heterocycles. The number of fused-ring (bicyclic) bond motifs is 1. The number of hydrogen-bond acceptors (Lipinski definition) is 4. The third kappa shape index (κ3) is 2.18. The van der Waals surface area contributed by atoms with E-state index in [1.54, 1.807) is 18.0 Å². The van der Waals surface area contributed by atoms with Crippen molar-refractivity contribution in [1.29, 1.82) is 0 Å². The number of hydrogen-bond donors (Lipinski definition) is 0. The van der Waals surface area contributed by atoms with Crippen LogP contribution >= 0.6 is 0 Å². The zero-order valence-corrected chi connectivity index (χ0v) is 11.9. The zero-order valence-electron chi connectivity index (χ0n) is 11.9. The molecule has 0 atom stereocenters. The van der Waals surface area contributed by atoms with Crippen LogP contribution in [0.25, 0.3) is 11.3 Å². The van der Waals surface area contributed by atoms with Crippen LogP contribution < -0.4 is 9.64 Å². The Kier molecular flexibility index (Phi) is 3.21. The predicted octanol–water partition coefficient (Wildman–Crippen LogP) is 1.64. The number of aromatic nitrogens is 2. The summed E-state index contributed by atoms with van der Waals surface area (Å²) in [6.45, 7) is 2.57. The normalized spacial score (nSPS) is 13.8. The Bertz CT molecular complexity index is 721. The Morgan fingerprint density at radius 3 is 2.86 bits per heavy atom. The standard InChI is InChI=1S/C15H15N3O3/c1-3-18-13-6-10(4-5-14(13)21-9-15(18)20)12-7-11(8-19)17(2)16-12/h4-8H,3,9H2,1-2H3. The Hall–Kier alpha value is -2.63. The van der Waals surface area contributed by atoms with E-state index >= 15 is 0 Å². The molecule has 1 aliphatic heterocycles. The second-order valence-electron chi connectivity index (χ2n) is 4.81. The predicted molar refractivity (Wildman–Crippen MR) is 77.6 cm³/mol. The van der Waals surface area contributed by atoms with E-state index in [0.717, 1.165) is 17.5 Å². The highest BCUT2D eigenvalue weighted by Crippen LogP contribution is 2.35. The minimum atomic E-state index is -0.0586. The van der Waals surface area contributed by atoms with Gasteiger partial charge in [0.1, 0.15) is 11.4 Å². The fourth-order valence-electron chi connectivity index (χ4n) is 2.44. The topological polar surface area (TPSA) is 64.4 Å². The van der Waals surface area contributed by atoms with E-state index in [0.29, 0.717) is 23.7 Å². The van der Waals surface area contributed by atoms with Gasteiger partial charge in [-0.05, 0) is 31.2 Å². The van der Waals surface area contributed by atoms with Gasteiger partial charge in [-0.25, -0.2) is 0 Å². The number of aryl methyl sites for hydroxylation is 1. The lowest BCUT2D eigenvalue weighted by Gasteiger charge is -2.28. The van der Waals surface area contributed by atoms with Gasteiger partial charge >= 0.3 is 0 Å². The number of amides is 1. The van der Waals surface area contributed by atoms with Gasteiger partial charge in [0.15, 0.2) is 12.9 Å². The third-order valence-corrected chi connectivity index (χ3v) is 3.55. The molecule has 6 nitrogen and oxygen atoms in total. The quantitative estimate of drug-likeness (QED) is 0.804. The van der Waals surface area contributed by atoms with Crippen molar-refractivity contribution in [2.24, 2.45) is 7.05 Å². The maximum atomic E-state index is 11.9. The van der Waals surface area contributed by atoms with Crippen LogP contribution in [-0.4, -0.2) is 35.1 Å². The van der Waals surface area contributed by atoms with Gasteiger partial charge in [-0.15, -0.1) is 0 Å². The molecule has 21 heavy (non-hydrogen) atoms. The van der Waals surface area contributed by atoms with Crippen molar-refractivity contribution in [3.05, 3.63) is 30.0 Å². The molecule has 108 valence electrons. The van der Waals surface area contributed by atoms with Gasteiger partial charge in [-0.2, -0.15) is 5.10 Å². The molecule has 0 saturated carbocycles. The Morgan fingerprint density at radius 1 is 1.38 bits per heavy atom. The number of aldehydes is 1. The lowest BCUT2D eigenvalue weighted by Crippen LogP contribution is -2.38. The molecule has 2 aromatic rings. The van der Waals surface area contributed by atoms with E-state index in [-0.39, 0.29) is 12.5 Å². The van der Waals surface area contributed by atoms with Gasteiger partial charge in [0.05, 0.1) is 11.4 Å². The van der Waals surface area contributed by atoms with Crippen molar-refractivity contribution in [2.45, 2.75) is 6.92 Å². The molecule has 0 radical (unpaired) electrons. The van der Waals surface area contributed by atoms with Crippen LogP contribution in [0.2, 0.25) is 0 Å². The number of nitrogens with zero attached hydrogens (tertiary/aromatic N) is 3. The fourth-order valence-corrected chi connectivity index (χ4v) is 2.44. The molecule has 0 bridgehead atoms. The summed E-state index contributed by atoms with van der Waals surface area (Å²) in [5.41, 5.74) is 2.78. The van der Waals surface area contributed by atoms with Crippen LogP contribution in [0.15, 0.2) is 24.3 Å². The summed E-state index contributed by atoms with van der Waals surface area (Å²) in [6.07, 6.45) is 0.764. The Labute approximate surface area is 121 Å². The maximum Gasteiger partial charge on any atom is 0.265 e. The first-order chi connectivity index (χ1) is 10.1. The smallest absolute Gasteiger partial charge is 0.265 e. The average Bonchev–Trinajstić information content (AvgIpc) is 2.87. The fraction of sp³-hybridized carbons (Fsp3) is 0.267. The number of rotatable bonds is 3. The second kappa shape index (κ2) is 5.05. The molecule has 0 N–H and O–H groups in total. The maximum absolute atomic E-state index is 11.9. The summed E-state index contributed by atoms with van der Waals surface area (Å²) < 4.78 is 6.96. The highest BCUT2D eigenvalue weighted by Gasteiger charge is 2.24. The minimum Gasteiger partial charge on any atom is -0.482 e. The lowest BCUT2D eigenvalue weighted by atomic mass is 10.1. The molecule has 1 amide bonds. The number of ether oxygens (including phenoxy) is 1. The van der Waals surface area contributed by atoms with Gasteiger partial charge in [-0.1, -0.05) is 0 Å². The molecule has 0 saturated heterocycles. The first kappa shape index (κ1) is 13.4. The molecule has 1 aromatic carbocycles. The van der Waals surface area contributed by atoms with Crippen molar-refractivity contribution in [3.63, 3.8) is 0 Å². The number of benzene rings is 1. The average molecular weight is 285 g/mol. The molecule has 1 aliphatic rings. The van der Waals surface area contributed by atoms with E-state index in [9.17, 15) is 9.59 Å². The largest absolute Gasteiger partial charge is 0.482 e. The zero-order chi connectivity index (χ0) is 15.0. The van der Waals surface area contributed by atoms with Crippen molar-refractivity contribution in [1.82, 2.24) is 9.78 Å². The Balaban J connectivity index is 2.07. The lowest BCUT2D eigenvalue weighted by molar-refractivity contribution is -0.121. The molecule has 0 spiro atoms. The summed E-state index contributed by atoms with van der Waals surface area (Å²) in [7, 11) is 1.72. The molecule has 6 heteroatoms. The van der Waals surface area contributed by atoms with Gasteiger partial charge in [0.2, 0.25) is 0 Å². The number of carbonyl (C=O) groups is 2. The molecule has 3 rings (SSSR count). The summed E-state index contributed by atoms with van der Waals surface area (Å²) in [5, 5.41) is 4.31. The van der Waals surface area contributed by atoms with Crippen LogP contribution in [0.5, 0.6) is 5.75 Å². The third-order valence-electron chi connectivity index (χ3n) is 3.55. The van der Waals surface area contributed by atoms with Gasteiger partial charge < -0.3 is 9.64 Å². The molecular weight excluding hydrogens is 270 g/mol. The van der Waals surface area contributed by atoms with E-state index in [1.165, 1.54) is 4.68 Å². The monoisotopic (exact) mass is 285 g/mol. The second-order valence-corrected chi connectivity index (χ2v) is 4.81. The van der Waals surface area contributed by atoms with E-state index in [2.05, 4.69) is 5.10 Å². The van der Waals surface area contributed by atoms with Gasteiger partial charge in [0, 0.05) is 19.2 Å². The molecule has 0 unspecified atom stereocenters. The van der Waals surface area contributed by atoms with Gasteiger partial charge in [-0.3, -0.25) is 14.3 Å². The van der Waals surface area contributed by atoms with Crippen LogP contribution in [0.4, 0.5) is 5.69 Å². The van der Waals surface area contributed by atoms with Crippen LogP contribution in [0.1, 0.15) is 17.4 Å². The summed E-state index contributed by atoms with van der Waals surface area (Å²) in [4.78, 5) is 24.5. The van der Waals surface area contributed by atoms with E-state index in [4.69, 9.17) is 4.74 Å². The summed E-state index contributed by atoms with van der Waals surface area (Å²) in [5.74, 6) is 0.628. The number of likely N-dealkylation sites (N-methyl/N-ethyl adjacent to an activating group) is 1. The Morgan fingerprint density at radius 2 is 2.19 bits per heavy atom. The van der Waals surface area contributed by atoms with Crippen molar-refractivity contribution < 1.29 is 14.3 Å². The molecule has 0 aliphatic carbocycles. The minimum absolute atomic E-state index is 0.0586. The van der Waals surface area contributed by atoms with Crippen LogP contribution in [0, 0.1) is 0 Å². The highest BCUT2D eigenvalue weighted by molar-refractivity contribution is 5.98. The highest BCUT2D eigenvalue weighted by atomic mass is 16.5. The van der Waals surface area contributed by atoms with Crippen molar-refractivity contribution in [3.8, 4) is 17.0 Å². The number of carbonyl (C=O) groups excluding carboxylic acids is 2. The summed E-state index contributed by atoms with van der Waals surface area (Å²) in [6, 6.07) is 7.29. The van der Waals surface area contributed by atoms with Crippen LogP contribution in [-0.2, 0) is 11.8 Å². The van der Waals surface area contributed by atoms with Crippen molar-refractivity contribution in [2.75, 3.05) is 18.1 Å². The van der Waals surface area contributed by atoms with Crippen molar-refractivity contribution >= 4 is 17.9 Å². The molecular formula is C15H15N3O3. The van der Waals surface area contributed by atoms with Crippen LogP contribution in [0.3, 0.4) is 0 Å². The molecule has 1 aromatic heterocycles. The first-order valence-electron chi connectivity index (χ1n) is 6.71. The SMILES string of the molecule is CCN1C(=O)COc2ccc(-c3cc(C=O)n(C)n3)cc21. The number of anilines is 1. The summed E-state index contributed by atoms with van der Waals surface area (Å²) >= 11 is 0.